The molecule has 0 spiro atoms. The molecular weight excluding hydrogens is 163 g/mol. The van der Waals surface area contributed by atoms with E-state index in [1.807, 2.05) is 0 Å². The number of hydrogen-bond acceptors (Lipinski definition) is 4. The Morgan fingerprint density at radius 2 is 2.27 bits per heavy atom. The molecule has 0 saturated carbocycles. The summed E-state index contributed by atoms with van der Waals surface area (Å²) in [4.78, 5) is 11.3. The molecule has 0 aliphatic rings. The number of ketones is 1. The Balaban J connectivity index is 2.90. The normalized spacial score (nSPS) is 9.73. The highest BCUT2D eigenvalue weighted by Gasteiger charge is 2.14. The molecule has 1 rings (SSSR count). The molecule has 1 heterocycles. The van der Waals surface area contributed by atoms with Crippen molar-refractivity contribution in [1.82, 2.24) is 0 Å². The van der Waals surface area contributed by atoms with Crippen LogP contribution in [0.2, 0.25) is 0 Å². The molecule has 0 amide bonds. The van der Waals surface area contributed by atoms with Gasteiger partial charge in [-0.25, -0.2) is 0 Å². The Morgan fingerprint density at radius 3 is 2.55 bits per heavy atom. The molecule has 0 unspecified atom stereocenters. The summed E-state index contributed by atoms with van der Waals surface area (Å²) < 4.78 is 0. The van der Waals surface area contributed by atoms with Crippen LogP contribution in [0.25, 0.3) is 0 Å². The lowest BCUT2D eigenvalue weighted by atomic mass is 9.82. The lowest BCUT2D eigenvalue weighted by molar-refractivity contribution is 0.102. The molecular formula is C6H7BO3S. The second-order valence-corrected chi connectivity index (χ2v) is 3.09. The van der Waals surface area contributed by atoms with Gasteiger partial charge >= 0.3 is 7.12 Å². The van der Waals surface area contributed by atoms with E-state index in [0.29, 0.717) is 10.3 Å². The molecule has 3 nitrogen and oxygen atoms in total. The van der Waals surface area contributed by atoms with Gasteiger partial charge in [0.2, 0.25) is 0 Å². The van der Waals surface area contributed by atoms with Crippen LogP contribution in [0.5, 0.6) is 0 Å². The number of Topliss-reactive ketones (excluding diaryl/α,β-unsaturated/α-hetero) is 1. The van der Waals surface area contributed by atoms with Gasteiger partial charge in [-0.3, -0.25) is 4.79 Å². The van der Waals surface area contributed by atoms with Crippen LogP contribution < -0.4 is 5.46 Å². The Hall–Kier alpha value is -0.645. The Bertz CT molecular complexity index is 269. The summed E-state index contributed by atoms with van der Waals surface area (Å²) in [5, 5.41) is 18.9. The molecule has 0 aliphatic carbocycles. The van der Waals surface area contributed by atoms with E-state index in [1.165, 1.54) is 24.3 Å². The topological polar surface area (TPSA) is 57.5 Å². The highest BCUT2D eigenvalue weighted by molar-refractivity contribution is 7.13. The van der Waals surface area contributed by atoms with Gasteiger partial charge in [0.1, 0.15) is 0 Å². The van der Waals surface area contributed by atoms with E-state index >= 15 is 0 Å². The number of thiophene rings is 1. The SMILES string of the molecule is CC(=O)c1cc(B(O)O)cs1. The van der Waals surface area contributed by atoms with Crippen molar-refractivity contribution in [3.05, 3.63) is 16.3 Å². The Labute approximate surface area is 68.4 Å². The van der Waals surface area contributed by atoms with Crippen molar-refractivity contribution in [1.29, 1.82) is 0 Å². The Morgan fingerprint density at radius 1 is 1.64 bits per heavy atom. The molecule has 1 aromatic heterocycles. The predicted octanol–water partition coefficient (Wildman–Crippen LogP) is -0.370. The molecule has 0 aliphatic heterocycles. The molecule has 0 fully saturated rings. The van der Waals surface area contributed by atoms with E-state index in [2.05, 4.69) is 0 Å². The van der Waals surface area contributed by atoms with E-state index in [9.17, 15) is 4.79 Å². The first-order chi connectivity index (χ1) is 5.11. The molecule has 0 saturated heterocycles. The van der Waals surface area contributed by atoms with Crippen molar-refractivity contribution >= 4 is 29.7 Å². The fourth-order valence-electron chi connectivity index (χ4n) is 0.671. The maximum atomic E-state index is 10.7. The zero-order valence-corrected chi connectivity index (χ0v) is 6.76. The van der Waals surface area contributed by atoms with Crippen LogP contribution >= 0.6 is 11.3 Å². The van der Waals surface area contributed by atoms with E-state index in [-0.39, 0.29) is 5.78 Å². The van der Waals surface area contributed by atoms with Crippen LogP contribution in [0.15, 0.2) is 11.4 Å². The zero-order valence-electron chi connectivity index (χ0n) is 5.94. The third-order valence-corrected chi connectivity index (χ3v) is 2.31. The lowest BCUT2D eigenvalue weighted by Crippen LogP contribution is -2.28. The summed E-state index contributed by atoms with van der Waals surface area (Å²) in [6.45, 7) is 1.44. The second kappa shape index (κ2) is 3.17. The van der Waals surface area contributed by atoms with Gasteiger partial charge in [0.25, 0.3) is 0 Å². The van der Waals surface area contributed by atoms with Crippen LogP contribution in [0.3, 0.4) is 0 Å². The van der Waals surface area contributed by atoms with Crippen molar-refractivity contribution in [2.45, 2.75) is 6.92 Å². The maximum Gasteiger partial charge on any atom is 0.489 e. The van der Waals surface area contributed by atoms with Crippen LogP contribution in [-0.2, 0) is 0 Å². The van der Waals surface area contributed by atoms with E-state index in [4.69, 9.17) is 10.0 Å². The quantitative estimate of drug-likeness (QED) is 0.470. The number of carbonyl (C=O) groups excluding carboxylic acids is 1. The van der Waals surface area contributed by atoms with Crippen molar-refractivity contribution in [2.24, 2.45) is 0 Å². The number of hydrogen-bond donors (Lipinski definition) is 2. The first-order valence-corrected chi connectivity index (χ1v) is 3.94. The molecule has 2 N–H and O–H groups in total. The summed E-state index contributed by atoms with van der Waals surface area (Å²) in [6, 6.07) is 1.48. The fraction of sp³-hybridized carbons (Fsp3) is 0.167. The van der Waals surface area contributed by atoms with Gasteiger partial charge in [-0.05, 0) is 23.8 Å². The summed E-state index contributed by atoms with van der Waals surface area (Å²) in [5.74, 6) is -0.0538. The molecule has 0 radical (unpaired) electrons. The minimum absolute atomic E-state index is 0.0538. The van der Waals surface area contributed by atoms with Crippen LogP contribution in [0.4, 0.5) is 0 Å². The standard InChI is InChI=1S/C6H7BO3S/c1-4(8)6-2-5(3-11-6)7(9)10/h2-3,9-10H,1H3. The van der Waals surface area contributed by atoms with E-state index < -0.39 is 7.12 Å². The lowest BCUT2D eigenvalue weighted by Gasteiger charge is -1.89. The molecule has 0 aromatic carbocycles. The third-order valence-electron chi connectivity index (χ3n) is 1.26. The van der Waals surface area contributed by atoms with Crippen LogP contribution in [0, 0.1) is 0 Å². The molecule has 58 valence electrons. The average Bonchev–Trinajstić information content (AvgIpc) is 2.33. The van der Waals surface area contributed by atoms with Gasteiger partial charge in [-0.2, -0.15) is 0 Å². The second-order valence-electron chi connectivity index (χ2n) is 2.17. The van der Waals surface area contributed by atoms with Gasteiger partial charge in [-0.1, -0.05) is 0 Å². The molecule has 11 heavy (non-hydrogen) atoms. The molecule has 1 aromatic rings. The highest BCUT2D eigenvalue weighted by Crippen LogP contribution is 2.07. The largest absolute Gasteiger partial charge is 0.489 e. The smallest absolute Gasteiger partial charge is 0.423 e. The van der Waals surface area contributed by atoms with Crippen LogP contribution in [0.1, 0.15) is 16.6 Å². The van der Waals surface area contributed by atoms with Crippen LogP contribution in [-0.4, -0.2) is 22.9 Å². The summed E-state index contributed by atoms with van der Waals surface area (Å²) in [6.07, 6.45) is 0. The van der Waals surface area contributed by atoms with Crippen molar-refractivity contribution in [2.75, 3.05) is 0 Å². The summed E-state index contributed by atoms with van der Waals surface area (Å²) >= 11 is 1.22. The minimum atomic E-state index is -1.47. The monoisotopic (exact) mass is 170 g/mol. The van der Waals surface area contributed by atoms with Gasteiger partial charge in [-0.15, -0.1) is 11.3 Å². The first-order valence-electron chi connectivity index (χ1n) is 3.07. The summed E-state index contributed by atoms with van der Waals surface area (Å²) in [7, 11) is -1.47. The molecule has 0 atom stereocenters. The van der Waals surface area contributed by atoms with Crippen molar-refractivity contribution in [3.63, 3.8) is 0 Å². The van der Waals surface area contributed by atoms with Crippen molar-refractivity contribution in [3.8, 4) is 0 Å². The summed E-state index contributed by atoms with van der Waals surface area (Å²) in [5.41, 5.74) is 0.375. The van der Waals surface area contributed by atoms with E-state index in [1.54, 1.807) is 5.38 Å². The predicted molar refractivity (Wildman–Crippen MR) is 44.1 cm³/mol. The molecule has 0 bridgehead atoms. The van der Waals surface area contributed by atoms with Gasteiger partial charge in [0.15, 0.2) is 5.78 Å². The first kappa shape index (κ1) is 8.45. The fourth-order valence-corrected chi connectivity index (χ4v) is 1.49. The number of carbonyl (C=O) groups is 1. The average molecular weight is 170 g/mol. The van der Waals surface area contributed by atoms with E-state index in [0.717, 1.165) is 0 Å². The maximum absolute atomic E-state index is 10.7. The van der Waals surface area contributed by atoms with Gasteiger partial charge in [0.05, 0.1) is 4.88 Å². The highest BCUT2D eigenvalue weighted by atomic mass is 32.1. The third kappa shape index (κ3) is 1.89. The zero-order chi connectivity index (χ0) is 8.43. The minimum Gasteiger partial charge on any atom is -0.423 e. The Kier molecular flexibility index (Phi) is 2.43. The molecule has 5 heteroatoms. The number of rotatable bonds is 2. The van der Waals surface area contributed by atoms with Gasteiger partial charge < -0.3 is 10.0 Å². The van der Waals surface area contributed by atoms with Crippen molar-refractivity contribution < 1.29 is 14.8 Å². The van der Waals surface area contributed by atoms with Gasteiger partial charge in [0, 0.05) is 0 Å².